The first-order chi connectivity index (χ1) is 14.7. The summed E-state index contributed by atoms with van der Waals surface area (Å²) in [5, 5.41) is 70.0. The van der Waals surface area contributed by atoms with E-state index in [1.807, 2.05) is 0 Å². The topological polar surface area (TPSA) is 181 Å². The monoisotopic (exact) mass is 432 g/mol. The minimum Gasteiger partial charge on any atom is -0.508 e. The van der Waals surface area contributed by atoms with E-state index in [0.29, 0.717) is 5.56 Å². The van der Waals surface area contributed by atoms with Crippen LogP contribution < -0.4 is 5.43 Å². The number of fused-ring (bicyclic) bond motifs is 1. The van der Waals surface area contributed by atoms with E-state index in [0.717, 1.165) is 12.1 Å². The van der Waals surface area contributed by atoms with Gasteiger partial charge in [0.15, 0.2) is 11.0 Å². The summed E-state index contributed by atoms with van der Waals surface area (Å²) in [6, 6.07) is 7.69. The van der Waals surface area contributed by atoms with E-state index in [-0.39, 0.29) is 28.0 Å². The zero-order valence-electron chi connectivity index (χ0n) is 15.9. The maximum Gasteiger partial charge on any atom is 0.197 e. The summed E-state index contributed by atoms with van der Waals surface area (Å²) in [6.45, 7) is -0.694. The summed E-state index contributed by atoms with van der Waals surface area (Å²) < 4.78 is 11.3. The second kappa shape index (κ2) is 7.84. The van der Waals surface area contributed by atoms with Crippen LogP contribution in [0.1, 0.15) is 11.7 Å². The van der Waals surface area contributed by atoms with Crippen molar-refractivity contribution in [1.29, 1.82) is 0 Å². The molecule has 164 valence electrons. The number of aliphatic hydroxyl groups is 4. The Hall–Kier alpha value is -3.15. The molecular weight excluding hydrogens is 412 g/mol. The van der Waals surface area contributed by atoms with Crippen LogP contribution in [-0.4, -0.2) is 66.8 Å². The van der Waals surface area contributed by atoms with Crippen molar-refractivity contribution in [1.82, 2.24) is 0 Å². The standard InChI is InChI=1S/C21H20O10/c22-7-14-17(27)18(28)19(29)21(31-14)16-11(25)5-10(24)15-12(26)6-13(30-20(15)16)8-1-3-9(23)4-2-8/h1-6,14,17-19,21-25,27-29H,7H2/t14?,17-,18?,19-,21+/m1/s1. The Labute approximate surface area is 174 Å². The molecule has 3 aromatic rings. The predicted octanol–water partition coefficient (Wildman–Crippen LogP) is 0.0917. The highest BCUT2D eigenvalue weighted by Crippen LogP contribution is 2.43. The summed E-state index contributed by atoms with van der Waals surface area (Å²) >= 11 is 0. The maximum atomic E-state index is 12.7. The fourth-order valence-corrected chi connectivity index (χ4v) is 3.70. The number of rotatable bonds is 3. The lowest BCUT2D eigenvalue weighted by molar-refractivity contribution is -0.231. The van der Waals surface area contributed by atoms with Crippen molar-refractivity contribution < 1.29 is 44.9 Å². The number of hydrogen-bond donors (Lipinski definition) is 7. The fraction of sp³-hybridized carbons (Fsp3) is 0.286. The Morgan fingerprint density at radius 3 is 2.19 bits per heavy atom. The third-order valence-corrected chi connectivity index (χ3v) is 5.33. The third kappa shape index (κ3) is 3.50. The van der Waals surface area contributed by atoms with Gasteiger partial charge < -0.3 is 44.9 Å². The van der Waals surface area contributed by atoms with Crippen LogP contribution in [0.15, 0.2) is 45.6 Å². The first kappa shape index (κ1) is 21.1. The zero-order valence-corrected chi connectivity index (χ0v) is 15.9. The quantitative estimate of drug-likeness (QED) is 0.300. The first-order valence-electron chi connectivity index (χ1n) is 9.35. The molecule has 4 rings (SSSR count). The van der Waals surface area contributed by atoms with Crippen LogP contribution in [0.25, 0.3) is 22.3 Å². The molecule has 0 radical (unpaired) electrons. The van der Waals surface area contributed by atoms with E-state index >= 15 is 0 Å². The number of hydrogen-bond acceptors (Lipinski definition) is 10. The van der Waals surface area contributed by atoms with Crippen LogP contribution in [0.5, 0.6) is 17.2 Å². The smallest absolute Gasteiger partial charge is 0.197 e. The Bertz CT molecular complexity index is 1170. The largest absolute Gasteiger partial charge is 0.508 e. The average molecular weight is 432 g/mol. The van der Waals surface area contributed by atoms with Gasteiger partial charge in [-0.3, -0.25) is 4.79 Å². The van der Waals surface area contributed by atoms with Crippen molar-refractivity contribution in [2.24, 2.45) is 0 Å². The van der Waals surface area contributed by atoms with Crippen LogP contribution in [-0.2, 0) is 4.74 Å². The van der Waals surface area contributed by atoms with Crippen LogP contribution in [0.2, 0.25) is 0 Å². The van der Waals surface area contributed by atoms with Gasteiger partial charge in [0.1, 0.15) is 58.9 Å². The Kier molecular flexibility index (Phi) is 5.33. The molecular formula is C21H20O10. The van der Waals surface area contributed by atoms with Gasteiger partial charge in [-0.2, -0.15) is 0 Å². The molecule has 0 bridgehead atoms. The second-order valence-electron chi connectivity index (χ2n) is 7.30. The Morgan fingerprint density at radius 2 is 1.55 bits per heavy atom. The van der Waals surface area contributed by atoms with E-state index in [1.54, 1.807) is 0 Å². The summed E-state index contributed by atoms with van der Waals surface area (Å²) in [5.74, 6) is -1.15. The van der Waals surface area contributed by atoms with Gasteiger partial charge in [0.05, 0.1) is 12.2 Å². The Balaban J connectivity index is 1.96. The number of aromatic hydroxyl groups is 3. The molecule has 0 spiro atoms. The van der Waals surface area contributed by atoms with Crippen molar-refractivity contribution in [3.05, 3.63) is 52.2 Å². The van der Waals surface area contributed by atoms with Gasteiger partial charge in [0.2, 0.25) is 0 Å². The number of ether oxygens (including phenoxy) is 1. The fourth-order valence-electron chi connectivity index (χ4n) is 3.70. The Morgan fingerprint density at radius 1 is 0.871 bits per heavy atom. The van der Waals surface area contributed by atoms with Crippen LogP contribution in [0.4, 0.5) is 0 Å². The van der Waals surface area contributed by atoms with Crippen LogP contribution in [0.3, 0.4) is 0 Å². The molecule has 1 aromatic heterocycles. The molecule has 1 aliphatic heterocycles. The van der Waals surface area contributed by atoms with Gasteiger partial charge in [0, 0.05) is 17.7 Å². The predicted molar refractivity (Wildman–Crippen MR) is 106 cm³/mol. The number of phenolic OH excluding ortho intramolecular Hbond substituents is 3. The molecule has 1 fully saturated rings. The minimum atomic E-state index is -1.75. The molecule has 7 N–H and O–H groups in total. The third-order valence-electron chi connectivity index (χ3n) is 5.33. The molecule has 2 aromatic carbocycles. The van der Waals surface area contributed by atoms with Gasteiger partial charge in [0.25, 0.3) is 0 Å². The van der Waals surface area contributed by atoms with Gasteiger partial charge in [-0.15, -0.1) is 0 Å². The van der Waals surface area contributed by atoms with Gasteiger partial charge in [-0.25, -0.2) is 0 Å². The van der Waals surface area contributed by atoms with E-state index in [2.05, 4.69) is 0 Å². The molecule has 31 heavy (non-hydrogen) atoms. The highest BCUT2D eigenvalue weighted by atomic mass is 16.5. The molecule has 2 heterocycles. The van der Waals surface area contributed by atoms with Crippen molar-refractivity contribution in [2.45, 2.75) is 30.5 Å². The second-order valence-corrected chi connectivity index (χ2v) is 7.30. The lowest BCUT2D eigenvalue weighted by Gasteiger charge is -2.40. The van der Waals surface area contributed by atoms with E-state index in [4.69, 9.17) is 9.15 Å². The zero-order chi connectivity index (χ0) is 22.4. The maximum absolute atomic E-state index is 12.7. The molecule has 1 aliphatic rings. The molecule has 5 atom stereocenters. The van der Waals surface area contributed by atoms with Gasteiger partial charge in [-0.05, 0) is 24.3 Å². The van der Waals surface area contributed by atoms with E-state index in [9.17, 15) is 40.5 Å². The molecule has 0 saturated carbocycles. The summed E-state index contributed by atoms with van der Waals surface area (Å²) in [6.07, 6.45) is -7.87. The number of benzene rings is 2. The van der Waals surface area contributed by atoms with Gasteiger partial charge >= 0.3 is 0 Å². The average Bonchev–Trinajstić information content (AvgIpc) is 2.73. The SMILES string of the molecule is O=c1cc(-c2ccc(O)cc2)oc2c([C@@H]3OC(CO)[C@@H](O)C(O)[C@H]3O)c(O)cc(O)c12. The summed E-state index contributed by atoms with van der Waals surface area (Å²) in [4.78, 5) is 12.7. The molecule has 0 amide bonds. The van der Waals surface area contributed by atoms with Crippen molar-refractivity contribution in [2.75, 3.05) is 6.61 Å². The molecule has 1 saturated heterocycles. The molecule has 10 heteroatoms. The lowest BCUT2D eigenvalue weighted by Crippen LogP contribution is -2.55. The normalized spacial score (nSPS) is 26.3. The minimum absolute atomic E-state index is 0.0100. The first-order valence-corrected chi connectivity index (χ1v) is 9.35. The van der Waals surface area contributed by atoms with E-state index in [1.165, 1.54) is 24.3 Å². The molecule has 2 unspecified atom stereocenters. The lowest BCUT2D eigenvalue weighted by atomic mass is 9.89. The highest BCUT2D eigenvalue weighted by molar-refractivity contribution is 5.89. The van der Waals surface area contributed by atoms with E-state index < -0.39 is 54.1 Å². The van der Waals surface area contributed by atoms with Gasteiger partial charge in [-0.1, -0.05) is 0 Å². The highest BCUT2D eigenvalue weighted by Gasteiger charge is 2.46. The number of aliphatic hydroxyl groups excluding tert-OH is 4. The van der Waals surface area contributed by atoms with Crippen molar-refractivity contribution in [3.8, 4) is 28.6 Å². The van der Waals surface area contributed by atoms with Crippen LogP contribution >= 0.6 is 0 Å². The summed E-state index contributed by atoms with van der Waals surface area (Å²) in [5.41, 5.74) is -0.813. The number of phenols is 3. The summed E-state index contributed by atoms with van der Waals surface area (Å²) in [7, 11) is 0. The van der Waals surface area contributed by atoms with Crippen molar-refractivity contribution in [3.63, 3.8) is 0 Å². The van der Waals surface area contributed by atoms with Crippen LogP contribution in [0, 0.1) is 0 Å². The van der Waals surface area contributed by atoms with Crippen molar-refractivity contribution >= 4 is 11.0 Å². The molecule has 10 nitrogen and oxygen atoms in total. The molecule has 0 aliphatic carbocycles.